The first kappa shape index (κ1) is 10.9. The predicted octanol–water partition coefficient (Wildman–Crippen LogP) is 0.958. The van der Waals surface area contributed by atoms with Gasteiger partial charge in [-0.15, -0.1) is 0 Å². The quantitative estimate of drug-likeness (QED) is 0.712. The zero-order valence-electron chi connectivity index (χ0n) is 6.37. The van der Waals surface area contributed by atoms with Gasteiger partial charge in [0.05, 0.1) is 23.7 Å². The Labute approximate surface area is 89.0 Å². The molecule has 1 aliphatic heterocycles. The first-order valence-corrected chi connectivity index (χ1v) is 7.40. The van der Waals surface area contributed by atoms with Crippen molar-refractivity contribution in [2.75, 3.05) is 23.9 Å². The Hall–Kier alpha value is 0.870. The molecule has 1 saturated heterocycles. The Bertz CT molecular complexity index is 221. The van der Waals surface area contributed by atoms with Crippen LogP contribution in [0.3, 0.4) is 0 Å². The number of sulfone groups is 1. The van der Waals surface area contributed by atoms with E-state index in [1.54, 1.807) is 0 Å². The number of halogens is 2. The number of ether oxygens (including phenoxy) is 1. The summed E-state index contributed by atoms with van der Waals surface area (Å²) in [4.78, 5) is 0. The summed E-state index contributed by atoms with van der Waals surface area (Å²) in [5.74, 6) is 0. The van der Waals surface area contributed by atoms with Crippen molar-refractivity contribution in [1.29, 1.82) is 0 Å². The summed E-state index contributed by atoms with van der Waals surface area (Å²) in [6.45, 7) is 0.633. The van der Waals surface area contributed by atoms with E-state index in [4.69, 9.17) is 4.74 Å². The molecule has 0 saturated carbocycles. The van der Waals surface area contributed by atoms with Crippen LogP contribution >= 0.6 is 31.9 Å². The highest BCUT2D eigenvalue weighted by Crippen LogP contribution is 2.19. The molecule has 72 valence electrons. The van der Waals surface area contributed by atoms with Crippen molar-refractivity contribution in [1.82, 2.24) is 0 Å². The molecular weight excluding hydrogens is 312 g/mol. The van der Waals surface area contributed by atoms with Gasteiger partial charge >= 0.3 is 0 Å². The molecule has 12 heavy (non-hydrogen) atoms. The number of alkyl halides is 2. The average Bonchev–Trinajstić information content (AvgIpc) is 2.03. The molecule has 0 aromatic carbocycles. The van der Waals surface area contributed by atoms with Gasteiger partial charge in [-0.05, 0) is 0 Å². The molecule has 0 N–H and O–H groups in total. The van der Waals surface area contributed by atoms with Gasteiger partial charge in [0.1, 0.15) is 0 Å². The molecule has 1 rings (SSSR count). The van der Waals surface area contributed by atoms with Gasteiger partial charge in [-0.1, -0.05) is 31.9 Å². The molecule has 3 nitrogen and oxygen atoms in total. The molecule has 0 aromatic rings. The maximum Gasteiger partial charge on any atom is 0.162 e. The molecule has 1 aliphatic rings. The molecule has 1 heterocycles. The van der Waals surface area contributed by atoms with Gasteiger partial charge in [0, 0.05) is 10.7 Å². The number of hydrogen-bond donors (Lipinski definition) is 0. The molecule has 0 unspecified atom stereocenters. The van der Waals surface area contributed by atoms with E-state index in [0.29, 0.717) is 23.9 Å². The molecule has 0 spiro atoms. The minimum absolute atomic E-state index is 0.317. The van der Waals surface area contributed by atoms with E-state index in [9.17, 15) is 8.42 Å². The third-order valence-electron chi connectivity index (χ3n) is 1.88. The SMILES string of the molecule is O=S1(=O)[C@H](CBr)COC[C@@H]1CBr. The molecule has 0 amide bonds. The van der Waals surface area contributed by atoms with Crippen LogP contribution in [-0.2, 0) is 14.6 Å². The molecule has 0 radical (unpaired) electrons. The molecule has 6 heteroatoms. The lowest BCUT2D eigenvalue weighted by Gasteiger charge is -2.27. The molecule has 2 atom stereocenters. The third-order valence-corrected chi connectivity index (χ3v) is 6.77. The van der Waals surface area contributed by atoms with E-state index in [0.717, 1.165) is 0 Å². The van der Waals surface area contributed by atoms with Crippen LogP contribution in [-0.4, -0.2) is 42.8 Å². The summed E-state index contributed by atoms with van der Waals surface area (Å²) in [5.41, 5.74) is 0. The van der Waals surface area contributed by atoms with Crippen LogP contribution in [0.15, 0.2) is 0 Å². The van der Waals surface area contributed by atoms with Gasteiger partial charge in [0.2, 0.25) is 0 Å². The monoisotopic (exact) mass is 320 g/mol. The summed E-state index contributed by atoms with van der Waals surface area (Å²) in [5, 5.41) is 0.153. The minimum Gasteiger partial charge on any atom is -0.379 e. The first-order chi connectivity index (χ1) is 5.62. The Morgan fingerprint density at radius 2 is 1.58 bits per heavy atom. The lowest BCUT2D eigenvalue weighted by Crippen LogP contribution is -2.45. The maximum atomic E-state index is 11.6. The standard InChI is InChI=1S/C6H10Br2O3S/c7-1-5-3-11-4-6(2-8)12(5,9)10/h5-6H,1-4H2/t5-,6+. The van der Waals surface area contributed by atoms with Gasteiger partial charge in [-0.25, -0.2) is 8.42 Å². The lowest BCUT2D eigenvalue weighted by atomic mass is 10.4. The van der Waals surface area contributed by atoms with Crippen LogP contribution in [0.25, 0.3) is 0 Å². The van der Waals surface area contributed by atoms with E-state index < -0.39 is 9.84 Å². The van der Waals surface area contributed by atoms with E-state index in [1.165, 1.54) is 0 Å². The summed E-state index contributed by atoms with van der Waals surface area (Å²) >= 11 is 6.34. The van der Waals surface area contributed by atoms with Crippen molar-refractivity contribution in [2.24, 2.45) is 0 Å². The van der Waals surface area contributed by atoms with Gasteiger partial charge in [-0.2, -0.15) is 0 Å². The Balaban J connectivity index is 2.82. The highest BCUT2D eigenvalue weighted by molar-refractivity contribution is 9.09. The molecule has 0 aliphatic carbocycles. The third kappa shape index (κ3) is 2.02. The zero-order valence-corrected chi connectivity index (χ0v) is 10.4. The summed E-state index contributed by atoms with van der Waals surface area (Å²) in [6.07, 6.45) is 0. The predicted molar refractivity (Wildman–Crippen MR) is 54.9 cm³/mol. The largest absolute Gasteiger partial charge is 0.379 e. The maximum absolute atomic E-state index is 11.6. The highest BCUT2D eigenvalue weighted by Gasteiger charge is 2.36. The van der Waals surface area contributed by atoms with Crippen molar-refractivity contribution < 1.29 is 13.2 Å². The minimum atomic E-state index is -2.98. The van der Waals surface area contributed by atoms with E-state index >= 15 is 0 Å². The van der Waals surface area contributed by atoms with Crippen molar-refractivity contribution >= 4 is 41.7 Å². The molecule has 0 bridgehead atoms. The Morgan fingerprint density at radius 1 is 1.17 bits per heavy atom. The van der Waals surface area contributed by atoms with E-state index in [2.05, 4.69) is 31.9 Å². The van der Waals surface area contributed by atoms with Gasteiger partial charge in [0.15, 0.2) is 9.84 Å². The second-order valence-corrected chi connectivity index (χ2v) is 6.49. The fraction of sp³-hybridized carbons (Fsp3) is 1.00. The first-order valence-electron chi connectivity index (χ1n) is 3.55. The van der Waals surface area contributed by atoms with Crippen LogP contribution in [0.1, 0.15) is 0 Å². The van der Waals surface area contributed by atoms with Crippen molar-refractivity contribution in [2.45, 2.75) is 10.5 Å². The smallest absolute Gasteiger partial charge is 0.162 e. The van der Waals surface area contributed by atoms with E-state index in [1.807, 2.05) is 0 Å². The average molecular weight is 322 g/mol. The number of rotatable bonds is 2. The van der Waals surface area contributed by atoms with Gasteiger partial charge < -0.3 is 4.74 Å². The van der Waals surface area contributed by atoms with Crippen LogP contribution in [0, 0.1) is 0 Å². The molecular formula is C6H10Br2O3S. The van der Waals surface area contributed by atoms with Crippen LogP contribution in [0.2, 0.25) is 0 Å². The normalized spacial score (nSPS) is 34.8. The Kier molecular flexibility index (Phi) is 4.01. The molecule has 1 fully saturated rings. The van der Waals surface area contributed by atoms with Crippen molar-refractivity contribution in [3.63, 3.8) is 0 Å². The highest BCUT2D eigenvalue weighted by atomic mass is 79.9. The number of hydrogen-bond acceptors (Lipinski definition) is 3. The van der Waals surface area contributed by atoms with Crippen molar-refractivity contribution in [3.8, 4) is 0 Å². The van der Waals surface area contributed by atoms with E-state index in [-0.39, 0.29) is 10.5 Å². The topological polar surface area (TPSA) is 43.4 Å². The molecule has 0 aromatic heterocycles. The second-order valence-electron chi connectivity index (χ2n) is 2.68. The van der Waals surface area contributed by atoms with Gasteiger partial charge in [-0.3, -0.25) is 0 Å². The van der Waals surface area contributed by atoms with Gasteiger partial charge in [0.25, 0.3) is 0 Å². The Morgan fingerprint density at radius 3 is 1.92 bits per heavy atom. The van der Waals surface area contributed by atoms with Crippen LogP contribution < -0.4 is 0 Å². The van der Waals surface area contributed by atoms with Crippen LogP contribution in [0.5, 0.6) is 0 Å². The fourth-order valence-electron chi connectivity index (χ4n) is 1.06. The second kappa shape index (κ2) is 4.39. The lowest BCUT2D eigenvalue weighted by molar-refractivity contribution is 0.128. The summed E-state index contributed by atoms with van der Waals surface area (Å²) in [7, 11) is -2.98. The summed E-state index contributed by atoms with van der Waals surface area (Å²) < 4.78 is 28.4. The summed E-state index contributed by atoms with van der Waals surface area (Å²) in [6, 6.07) is 0. The van der Waals surface area contributed by atoms with Crippen molar-refractivity contribution in [3.05, 3.63) is 0 Å². The van der Waals surface area contributed by atoms with Crippen LogP contribution in [0.4, 0.5) is 0 Å². The zero-order chi connectivity index (χ0) is 9.19. The fourth-order valence-corrected chi connectivity index (χ4v) is 5.11.